The zero-order chi connectivity index (χ0) is 13.2. The van der Waals surface area contributed by atoms with Crippen LogP contribution in [0, 0.1) is 0 Å². The summed E-state index contributed by atoms with van der Waals surface area (Å²) in [7, 11) is 0. The molecule has 19 heavy (non-hydrogen) atoms. The van der Waals surface area contributed by atoms with Crippen LogP contribution < -0.4 is 10.5 Å². The fourth-order valence-electron chi connectivity index (χ4n) is 1.95. The van der Waals surface area contributed by atoms with E-state index in [1.807, 2.05) is 24.3 Å². The molecule has 0 unspecified atom stereocenters. The second-order valence-corrected chi connectivity index (χ2v) is 5.18. The Morgan fingerprint density at radius 2 is 2.00 bits per heavy atom. The number of para-hydroxylation sites is 2. The molecule has 1 heterocycles. The van der Waals surface area contributed by atoms with Crippen LogP contribution in [0.15, 0.2) is 47.8 Å². The number of nitrogens with two attached hydrogens (primary N) is 1. The highest BCUT2D eigenvalue weighted by Gasteiger charge is 2.07. The Morgan fingerprint density at radius 1 is 1.16 bits per heavy atom. The van der Waals surface area contributed by atoms with Crippen LogP contribution in [0.2, 0.25) is 0 Å². The number of nitrogen functional groups attached to an aromatic ring is 1. The minimum atomic E-state index is 0.154. The van der Waals surface area contributed by atoms with Crippen molar-refractivity contribution in [3.8, 4) is 11.5 Å². The predicted molar refractivity (Wildman–Crippen MR) is 78.7 cm³/mol. The predicted octanol–water partition coefficient (Wildman–Crippen LogP) is 3.77. The van der Waals surface area contributed by atoms with Crippen LogP contribution in [0.4, 0.5) is 5.69 Å². The number of hydrogen-bond acceptors (Lipinski definition) is 4. The van der Waals surface area contributed by atoms with Crippen LogP contribution in [0.25, 0.3) is 10.1 Å². The van der Waals surface area contributed by atoms with Crippen molar-refractivity contribution in [1.82, 2.24) is 0 Å². The number of anilines is 1. The fraction of sp³-hybridized carbons (Fsp3) is 0.0667. The molecule has 0 amide bonds. The molecule has 0 aliphatic heterocycles. The molecule has 0 bridgehead atoms. The number of aromatic hydroxyl groups is 1. The topological polar surface area (TPSA) is 55.5 Å². The molecule has 0 aliphatic carbocycles. The number of ether oxygens (including phenoxy) is 1. The van der Waals surface area contributed by atoms with Gasteiger partial charge in [0.2, 0.25) is 0 Å². The summed E-state index contributed by atoms with van der Waals surface area (Å²) in [4.78, 5) is 0. The maximum Gasteiger partial charge on any atom is 0.161 e. The van der Waals surface area contributed by atoms with Crippen LogP contribution in [0.5, 0.6) is 11.5 Å². The van der Waals surface area contributed by atoms with E-state index in [0.29, 0.717) is 12.4 Å². The maximum absolute atomic E-state index is 9.65. The second kappa shape index (κ2) is 4.82. The number of fused-ring (bicyclic) bond motifs is 1. The molecule has 0 fully saturated rings. The number of benzene rings is 2. The Morgan fingerprint density at radius 3 is 2.84 bits per heavy atom. The highest BCUT2D eigenvalue weighted by molar-refractivity contribution is 7.17. The molecule has 0 atom stereocenters. The van der Waals surface area contributed by atoms with Crippen molar-refractivity contribution >= 4 is 27.1 Å². The molecular formula is C15H13NO2S. The molecule has 0 saturated heterocycles. The van der Waals surface area contributed by atoms with E-state index in [2.05, 4.69) is 5.38 Å². The third-order valence-electron chi connectivity index (χ3n) is 2.93. The minimum Gasteiger partial charge on any atom is -0.504 e. The molecule has 0 aliphatic rings. The maximum atomic E-state index is 9.65. The summed E-state index contributed by atoms with van der Waals surface area (Å²) in [5.74, 6) is 0.646. The van der Waals surface area contributed by atoms with Crippen molar-refractivity contribution in [3.05, 3.63) is 53.4 Å². The lowest BCUT2D eigenvalue weighted by Gasteiger charge is -2.07. The number of phenolic OH excluding ortho intramolecular Hbond substituents is 1. The first-order valence-electron chi connectivity index (χ1n) is 5.90. The van der Waals surface area contributed by atoms with Gasteiger partial charge < -0.3 is 15.6 Å². The van der Waals surface area contributed by atoms with E-state index < -0.39 is 0 Å². The van der Waals surface area contributed by atoms with Gasteiger partial charge in [-0.1, -0.05) is 12.1 Å². The molecule has 3 rings (SSSR count). The van der Waals surface area contributed by atoms with Crippen LogP contribution >= 0.6 is 11.3 Å². The van der Waals surface area contributed by atoms with Gasteiger partial charge in [0.15, 0.2) is 11.5 Å². The lowest BCUT2D eigenvalue weighted by atomic mass is 10.2. The summed E-state index contributed by atoms with van der Waals surface area (Å²) in [6.45, 7) is 0.418. The first-order chi connectivity index (χ1) is 9.24. The molecule has 1 aromatic heterocycles. The van der Waals surface area contributed by atoms with E-state index in [9.17, 15) is 5.11 Å². The summed E-state index contributed by atoms with van der Waals surface area (Å²) in [6.07, 6.45) is 0. The number of rotatable bonds is 3. The molecule has 3 nitrogen and oxygen atoms in total. The molecule has 0 saturated carbocycles. The largest absolute Gasteiger partial charge is 0.504 e. The van der Waals surface area contributed by atoms with Crippen LogP contribution in [0.3, 0.4) is 0 Å². The summed E-state index contributed by atoms with van der Waals surface area (Å²) in [5.41, 5.74) is 7.63. The van der Waals surface area contributed by atoms with Gasteiger partial charge in [0.25, 0.3) is 0 Å². The van der Waals surface area contributed by atoms with Crippen LogP contribution in [-0.2, 0) is 6.61 Å². The number of thiophene rings is 1. The van der Waals surface area contributed by atoms with E-state index in [0.717, 1.165) is 16.6 Å². The third-order valence-corrected chi connectivity index (χ3v) is 3.94. The molecule has 2 aromatic carbocycles. The molecular weight excluding hydrogens is 258 g/mol. The first-order valence-corrected chi connectivity index (χ1v) is 6.78. The molecule has 3 N–H and O–H groups in total. The second-order valence-electron chi connectivity index (χ2n) is 4.27. The zero-order valence-electron chi connectivity index (χ0n) is 10.2. The average molecular weight is 271 g/mol. The SMILES string of the molecule is Nc1ccc2scc(COc3ccccc3O)c2c1. The van der Waals surface area contributed by atoms with Crippen LogP contribution in [0.1, 0.15) is 5.56 Å². The van der Waals surface area contributed by atoms with Gasteiger partial charge in [-0.3, -0.25) is 0 Å². The smallest absolute Gasteiger partial charge is 0.161 e. The van der Waals surface area contributed by atoms with E-state index in [1.54, 1.807) is 29.5 Å². The van der Waals surface area contributed by atoms with Crippen molar-refractivity contribution in [2.75, 3.05) is 5.73 Å². The molecule has 96 valence electrons. The van der Waals surface area contributed by atoms with Gasteiger partial charge in [-0.15, -0.1) is 11.3 Å². The highest BCUT2D eigenvalue weighted by Crippen LogP contribution is 2.30. The van der Waals surface area contributed by atoms with Gasteiger partial charge in [0.1, 0.15) is 6.61 Å². The summed E-state index contributed by atoms with van der Waals surface area (Å²) >= 11 is 1.66. The van der Waals surface area contributed by atoms with Gasteiger partial charge in [-0.2, -0.15) is 0 Å². The van der Waals surface area contributed by atoms with Crippen molar-refractivity contribution in [2.24, 2.45) is 0 Å². The Kier molecular flexibility index (Phi) is 3.01. The Hall–Kier alpha value is -2.20. The standard InChI is InChI=1S/C15H13NO2S/c16-11-5-6-15-12(7-11)10(9-19-15)8-18-14-4-2-1-3-13(14)17/h1-7,9,17H,8,16H2. The van der Waals surface area contributed by atoms with Gasteiger partial charge in [-0.05, 0) is 35.7 Å². The van der Waals surface area contributed by atoms with E-state index in [1.165, 1.54) is 4.70 Å². The normalized spacial score (nSPS) is 10.7. The lowest BCUT2D eigenvalue weighted by Crippen LogP contribution is -1.94. The van der Waals surface area contributed by atoms with E-state index in [-0.39, 0.29) is 5.75 Å². The molecule has 4 heteroatoms. The van der Waals surface area contributed by atoms with E-state index >= 15 is 0 Å². The Labute approximate surface area is 114 Å². The Bertz CT molecular complexity index is 721. The molecule has 3 aromatic rings. The average Bonchev–Trinajstić information content (AvgIpc) is 2.80. The number of phenols is 1. The van der Waals surface area contributed by atoms with Gasteiger partial charge in [-0.25, -0.2) is 0 Å². The van der Waals surface area contributed by atoms with Gasteiger partial charge in [0, 0.05) is 21.3 Å². The highest BCUT2D eigenvalue weighted by atomic mass is 32.1. The van der Waals surface area contributed by atoms with Crippen LogP contribution in [-0.4, -0.2) is 5.11 Å². The summed E-state index contributed by atoms with van der Waals surface area (Å²) < 4.78 is 6.83. The fourth-order valence-corrected chi connectivity index (χ4v) is 2.87. The van der Waals surface area contributed by atoms with Crippen molar-refractivity contribution < 1.29 is 9.84 Å². The Balaban J connectivity index is 1.86. The van der Waals surface area contributed by atoms with Crippen molar-refractivity contribution in [2.45, 2.75) is 6.61 Å². The summed E-state index contributed by atoms with van der Waals surface area (Å²) in [6, 6.07) is 12.8. The zero-order valence-corrected chi connectivity index (χ0v) is 11.0. The van der Waals surface area contributed by atoms with Crippen molar-refractivity contribution in [1.29, 1.82) is 0 Å². The quantitative estimate of drug-likeness (QED) is 0.713. The minimum absolute atomic E-state index is 0.154. The molecule has 0 spiro atoms. The third kappa shape index (κ3) is 2.35. The molecule has 0 radical (unpaired) electrons. The van der Waals surface area contributed by atoms with Gasteiger partial charge in [0.05, 0.1) is 0 Å². The van der Waals surface area contributed by atoms with Crippen molar-refractivity contribution in [3.63, 3.8) is 0 Å². The van der Waals surface area contributed by atoms with E-state index in [4.69, 9.17) is 10.5 Å². The number of hydrogen-bond donors (Lipinski definition) is 2. The van der Waals surface area contributed by atoms with Gasteiger partial charge >= 0.3 is 0 Å². The summed E-state index contributed by atoms with van der Waals surface area (Å²) in [5, 5.41) is 12.8. The first kappa shape index (κ1) is 11.9. The lowest BCUT2D eigenvalue weighted by molar-refractivity contribution is 0.290. The monoisotopic (exact) mass is 271 g/mol.